The molecule has 1 fully saturated rings. The molecule has 1 aliphatic heterocycles. The summed E-state index contributed by atoms with van der Waals surface area (Å²) in [4.78, 5) is 0. The Balaban J connectivity index is 2.36. The van der Waals surface area contributed by atoms with Crippen molar-refractivity contribution in [3.63, 3.8) is 0 Å². The molecule has 0 amide bonds. The average Bonchev–Trinajstić information content (AvgIpc) is 2.05. The lowest BCUT2D eigenvalue weighted by atomic mass is 9.83. The molecule has 1 aliphatic rings. The van der Waals surface area contributed by atoms with Crippen LogP contribution in [0.2, 0.25) is 0 Å². The summed E-state index contributed by atoms with van der Waals surface area (Å²) in [7, 11) is 0. The molecule has 0 aromatic carbocycles. The molecule has 1 rings (SSSR count). The first-order valence-electron chi connectivity index (χ1n) is 5.14. The minimum absolute atomic E-state index is 0.0622. The van der Waals surface area contributed by atoms with E-state index in [9.17, 15) is 5.11 Å². The minimum Gasteiger partial charge on any atom is -0.393 e. The second-order valence-corrected chi connectivity index (χ2v) is 3.99. The molecule has 0 aromatic rings. The van der Waals surface area contributed by atoms with Crippen LogP contribution in [0.5, 0.6) is 0 Å². The normalized spacial score (nSPS) is 33.2. The fourth-order valence-electron chi connectivity index (χ4n) is 2.12. The summed E-state index contributed by atoms with van der Waals surface area (Å²) < 4.78 is 0. The standard InChI is InChI=1S/C10H21NO/c1-3-4-8(2)9-7-11-6-5-10(9)12/h8-12H,3-7H2,1-2H3. The highest BCUT2D eigenvalue weighted by atomic mass is 16.3. The number of aliphatic hydroxyl groups is 1. The van der Waals surface area contributed by atoms with Crippen LogP contribution in [0, 0.1) is 11.8 Å². The molecule has 2 heteroatoms. The molecule has 0 bridgehead atoms. The molecule has 3 unspecified atom stereocenters. The van der Waals surface area contributed by atoms with Gasteiger partial charge < -0.3 is 10.4 Å². The zero-order valence-corrected chi connectivity index (χ0v) is 8.21. The number of rotatable bonds is 3. The Morgan fingerprint density at radius 1 is 1.58 bits per heavy atom. The predicted molar refractivity (Wildman–Crippen MR) is 51.1 cm³/mol. The van der Waals surface area contributed by atoms with Gasteiger partial charge in [0.2, 0.25) is 0 Å². The second-order valence-electron chi connectivity index (χ2n) is 3.99. The van der Waals surface area contributed by atoms with Crippen LogP contribution in [-0.4, -0.2) is 24.3 Å². The molecule has 12 heavy (non-hydrogen) atoms. The molecule has 72 valence electrons. The lowest BCUT2D eigenvalue weighted by Crippen LogP contribution is -2.42. The lowest BCUT2D eigenvalue weighted by molar-refractivity contribution is 0.0483. The maximum absolute atomic E-state index is 9.73. The second kappa shape index (κ2) is 4.83. The molecule has 3 atom stereocenters. The van der Waals surface area contributed by atoms with E-state index in [1.165, 1.54) is 12.8 Å². The van der Waals surface area contributed by atoms with E-state index in [2.05, 4.69) is 19.2 Å². The molecule has 0 radical (unpaired) electrons. The van der Waals surface area contributed by atoms with Crippen molar-refractivity contribution in [2.24, 2.45) is 11.8 Å². The first-order chi connectivity index (χ1) is 5.75. The lowest BCUT2D eigenvalue weighted by Gasteiger charge is -2.32. The van der Waals surface area contributed by atoms with E-state index in [-0.39, 0.29) is 6.10 Å². The van der Waals surface area contributed by atoms with Gasteiger partial charge in [-0.1, -0.05) is 26.7 Å². The highest BCUT2D eigenvalue weighted by Crippen LogP contribution is 2.23. The third-order valence-electron chi connectivity index (χ3n) is 2.97. The quantitative estimate of drug-likeness (QED) is 0.672. The number of piperidine rings is 1. The van der Waals surface area contributed by atoms with E-state index in [1.54, 1.807) is 0 Å². The van der Waals surface area contributed by atoms with Crippen molar-refractivity contribution >= 4 is 0 Å². The monoisotopic (exact) mass is 171 g/mol. The zero-order valence-electron chi connectivity index (χ0n) is 8.21. The molecule has 0 aliphatic carbocycles. The van der Waals surface area contributed by atoms with Crippen molar-refractivity contribution in [3.05, 3.63) is 0 Å². The number of aliphatic hydroxyl groups excluding tert-OH is 1. The van der Waals surface area contributed by atoms with E-state index in [0.29, 0.717) is 11.8 Å². The van der Waals surface area contributed by atoms with Crippen LogP contribution in [0.3, 0.4) is 0 Å². The van der Waals surface area contributed by atoms with Crippen molar-refractivity contribution in [2.45, 2.75) is 39.2 Å². The van der Waals surface area contributed by atoms with E-state index in [0.717, 1.165) is 19.5 Å². The van der Waals surface area contributed by atoms with Crippen LogP contribution in [0.1, 0.15) is 33.1 Å². The van der Waals surface area contributed by atoms with Gasteiger partial charge in [-0.3, -0.25) is 0 Å². The van der Waals surface area contributed by atoms with Crippen LogP contribution < -0.4 is 5.32 Å². The van der Waals surface area contributed by atoms with E-state index in [1.807, 2.05) is 0 Å². The fourth-order valence-corrected chi connectivity index (χ4v) is 2.12. The maximum Gasteiger partial charge on any atom is 0.0595 e. The summed E-state index contributed by atoms with van der Waals surface area (Å²) >= 11 is 0. The molecule has 0 aromatic heterocycles. The molecule has 2 nitrogen and oxygen atoms in total. The first-order valence-corrected chi connectivity index (χ1v) is 5.14. The van der Waals surface area contributed by atoms with Gasteiger partial charge >= 0.3 is 0 Å². The molecule has 2 N–H and O–H groups in total. The van der Waals surface area contributed by atoms with Crippen LogP contribution in [0.25, 0.3) is 0 Å². The highest BCUT2D eigenvalue weighted by molar-refractivity contribution is 4.80. The molecule has 0 spiro atoms. The van der Waals surface area contributed by atoms with Gasteiger partial charge in [-0.15, -0.1) is 0 Å². The number of hydrogen-bond acceptors (Lipinski definition) is 2. The summed E-state index contributed by atoms with van der Waals surface area (Å²) in [5, 5.41) is 13.1. The Labute approximate surface area is 75.4 Å². The van der Waals surface area contributed by atoms with E-state index < -0.39 is 0 Å². The summed E-state index contributed by atoms with van der Waals surface area (Å²) in [6, 6.07) is 0. The van der Waals surface area contributed by atoms with Crippen LogP contribution >= 0.6 is 0 Å². The van der Waals surface area contributed by atoms with Gasteiger partial charge in [-0.05, 0) is 24.8 Å². The van der Waals surface area contributed by atoms with Crippen LogP contribution in [0.15, 0.2) is 0 Å². The van der Waals surface area contributed by atoms with Crippen molar-refractivity contribution in [1.29, 1.82) is 0 Å². The maximum atomic E-state index is 9.73. The Hall–Kier alpha value is -0.0800. The Morgan fingerprint density at radius 2 is 2.33 bits per heavy atom. The van der Waals surface area contributed by atoms with Crippen molar-refractivity contribution in [2.75, 3.05) is 13.1 Å². The summed E-state index contributed by atoms with van der Waals surface area (Å²) in [6.07, 6.45) is 3.33. The fraction of sp³-hybridized carbons (Fsp3) is 1.00. The predicted octanol–water partition coefficient (Wildman–Crippen LogP) is 1.39. The largest absolute Gasteiger partial charge is 0.393 e. The van der Waals surface area contributed by atoms with Crippen molar-refractivity contribution in [3.8, 4) is 0 Å². The Morgan fingerprint density at radius 3 is 2.92 bits per heavy atom. The highest BCUT2D eigenvalue weighted by Gasteiger charge is 2.26. The third-order valence-corrected chi connectivity index (χ3v) is 2.97. The average molecular weight is 171 g/mol. The number of hydrogen-bond donors (Lipinski definition) is 2. The molecular weight excluding hydrogens is 150 g/mol. The van der Waals surface area contributed by atoms with Gasteiger partial charge in [0.1, 0.15) is 0 Å². The summed E-state index contributed by atoms with van der Waals surface area (Å²) in [5.74, 6) is 1.15. The molecule has 1 saturated heterocycles. The molecule has 0 saturated carbocycles. The van der Waals surface area contributed by atoms with Gasteiger partial charge in [-0.2, -0.15) is 0 Å². The van der Waals surface area contributed by atoms with E-state index >= 15 is 0 Å². The Kier molecular flexibility index (Phi) is 4.02. The summed E-state index contributed by atoms with van der Waals surface area (Å²) in [5.41, 5.74) is 0. The Bertz CT molecular complexity index is 127. The van der Waals surface area contributed by atoms with Crippen molar-refractivity contribution < 1.29 is 5.11 Å². The van der Waals surface area contributed by atoms with Crippen molar-refractivity contribution in [1.82, 2.24) is 5.32 Å². The van der Waals surface area contributed by atoms with Crippen LogP contribution in [0.4, 0.5) is 0 Å². The summed E-state index contributed by atoms with van der Waals surface area (Å²) in [6.45, 7) is 6.45. The zero-order chi connectivity index (χ0) is 8.97. The van der Waals surface area contributed by atoms with Gasteiger partial charge in [0.15, 0.2) is 0 Å². The van der Waals surface area contributed by atoms with E-state index in [4.69, 9.17) is 0 Å². The van der Waals surface area contributed by atoms with Gasteiger partial charge in [-0.25, -0.2) is 0 Å². The third kappa shape index (κ3) is 2.46. The molecule has 1 heterocycles. The minimum atomic E-state index is -0.0622. The van der Waals surface area contributed by atoms with Gasteiger partial charge in [0.05, 0.1) is 6.10 Å². The topological polar surface area (TPSA) is 32.3 Å². The van der Waals surface area contributed by atoms with Gasteiger partial charge in [0.25, 0.3) is 0 Å². The first kappa shape index (κ1) is 10.0. The smallest absolute Gasteiger partial charge is 0.0595 e. The van der Waals surface area contributed by atoms with Gasteiger partial charge in [0, 0.05) is 6.54 Å². The van der Waals surface area contributed by atoms with Crippen LogP contribution in [-0.2, 0) is 0 Å². The SMILES string of the molecule is CCCC(C)C1CNCCC1O. The molecular formula is C10H21NO. The number of nitrogens with one attached hydrogen (secondary N) is 1.